The van der Waals surface area contributed by atoms with E-state index in [1.807, 2.05) is 30.3 Å². The maximum atomic E-state index is 11.2. The average molecular weight is 303 g/mol. The maximum absolute atomic E-state index is 11.2. The van der Waals surface area contributed by atoms with Crippen molar-refractivity contribution >= 4 is 67.2 Å². The van der Waals surface area contributed by atoms with Gasteiger partial charge in [0.25, 0.3) is 10.1 Å². The first-order valence-electron chi connectivity index (χ1n) is 5.42. The second-order valence-corrected chi connectivity index (χ2v) is 5.20. The summed E-state index contributed by atoms with van der Waals surface area (Å²) in [6, 6.07) is 15.9. The van der Waals surface area contributed by atoms with Gasteiger partial charge in [0.05, 0.1) is 5.69 Å². The van der Waals surface area contributed by atoms with Crippen LogP contribution in [0.15, 0.2) is 59.5 Å². The van der Waals surface area contributed by atoms with E-state index in [2.05, 4.69) is 5.32 Å². The summed E-state index contributed by atoms with van der Waals surface area (Å²) in [6.07, 6.45) is 0. The van der Waals surface area contributed by atoms with Crippen molar-refractivity contribution < 1.29 is 13.0 Å². The Balaban J connectivity index is 0.00000180. The van der Waals surface area contributed by atoms with Crippen LogP contribution in [0.4, 0.5) is 5.69 Å². The number of hydrogen-bond donors (Lipinski definition) is 2. The summed E-state index contributed by atoms with van der Waals surface area (Å²) in [4.78, 5) is -0.110. The van der Waals surface area contributed by atoms with Gasteiger partial charge in [-0.15, -0.1) is 0 Å². The molecule has 0 unspecified atom stereocenters. The van der Waals surface area contributed by atoms with Gasteiger partial charge in [-0.05, 0) is 17.7 Å². The average Bonchev–Trinajstić information content (AvgIpc) is 2.37. The summed E-state index contributed by atoms with van der Waals surface area (Å²) in [5.41, 5.74) is 1.42. The van der Waals surface area contributed by atoms with Crippen LogP contribution < -0.4 is 5.32 Å². The SMILES string of the molecule is O=S(=O)(O)c1ccccc1NCc1ccccc1.[KH]. The molecule has 2 rings (SSSR count). The van der Waals surface area contributed by atoms with Crippen LogP contribution in [0, 0.1) is 0 Å². The molecule has 2 aromatic rings. The molecule has 2 aromatic carbocycles. The zero-order chi connectivity index (χ0) is 13.0. The standard InChI is InChI=1S/C13H13NO3S.K.H/c15-18(16,17)13-9-5-4-8-12(13)14-10-11-6-2-1-3-7-11;;/h1-9,14H,10H2,(H,15,16,17);;. The molecule has 4 nitrogen and oxygen atoms in total. The van der Waals surface area contributed by atoms with Crippen LogP contribution in [-0.2, 0) is 16.7 Å². The molecular formula is C13H14KNO3S. The molecular weight excluding hydrogens is 289 g/mol. The van der Waals surface area contributed by atoms with Gasteiger partial charge in [0.1, 0.15) is 4.90 Å². The fourth-order valence-corrected chi connectivity index (χ4v) is 2.30. The summed E-state index contributed by atoms with van der Waals surface area (Å²) in [6.45, 7) is 0.493. The van der Waals surface area contributed by atoms with E-state index in [-0.39, 0.29) is 56.3 Å². The van der Waals surface area contributed by atoms with Gasteiger partial charge in [-0.3, -0.25) is 4.55 Å². The minimum atomic E-state index is -4.20. The van der Waals surface area contributed by atoms with E-state index >= 15 is 0 Å². The number of hydrogen-bond acceptors (Lipinski definition) is 3. The van der Waals surface area contributed by atoms with Gasteiger partial charge in [0.2, 0.25) is 0 Å². The number of anilines is 1. The van der Waals surface area contributed by atoms with Crippen LogP contribution in [0.25, 0.3) is 0 Å². The van der Waals surface area contributed by atoms with Crippen molar-refractivity contribution in [3.63, 3.8) is 0 Å². The molecule has 2 N–H and O–H groups in total. The zero-order valence-electron chi connectivity index (χ0n) is 9.58. The van der Waals surface area contributed by atoms with E-state index in [1.54, 1.807) is 18.2 Å². The number of nitrogens with one attached hydrogen (secondary N) is 1. The third kappa shape index (κ3) is 5.00. The molecule has 0 aliphatic heterocycles. The quantitative estimate of drug-likeness (QED) is 0.669. The van der Waals surface area contributed by atoms with Gasteiger partial charge in [-0.25, -0.2) is 0 Å². The molecule has 0 aliphatic rings. The van der Waals surface area contributed by atoms with Crippen LogP contribution in [0.1, 0.15) is 5.56 Å². The molecule has 0 heterocycles. The molecule has 0 bridgehead atoms. The topological polar surface area (TPSA) is 66.4 Å². The van der Waals surface area contributed by atoms with E-state index in [0.717, 1.165) is 5.56 Å². The number of benzene rings is 2. The Hall–Kier alpha value is -0.214. The Labute approximate surface area is 155 Å². The molecule has 0 aliphatic carbocycles. The van der Waals surface area contributed by atoms with E-state index in [1.165, 1.54) is 6.07 Å². The Kier molecular flexibility index (Phi) is 6.68. The van der Waals surface area contributed by atoms with Crippen LogP contribution in [0.3, 0.4) is 0 Å². The summed E-state index contributed by atoms with van der Waals surface area (Å²) in [5.74, 6) is 0. The number of rotatable bonds is 4. The molecule has 0 fully saturated rings. The second-order valence-electron chi connectivity index (χ2n) is 3.81. The Morgan fingerprint density at radius 2 is 1.53 bits per heavy atom. The van der Waals surface area contributed by atoms with E-state index in [0.29, 0.717) is 12.2 Å². The molecule has 0 atom stereocenters. The Morgan fingerprint density at radius 1 is 0.947 bits per heavy atom. The second kappa shape index (κ2) is 7.54. The van der Waals surface area contributed by atoms with Gasteiger partial charge in [-0.1, -0.05) is 42.5 Å². The van der Waals surface area contributed by atoms with E-state index in [9.17, 15) is 8.42 Å². The van der Waals surface area contributed by atoms with Crippen molar-refractivity contribution in [3.8, 4) is 0 Å². The first kappa shape index (κ1) is 16.8. The number of para-hydroxylation sites is 1. The molecule has 19 heavy (non-hydrogen) atoms. The van der Waals surface area contributed by atoms with E-state index in [4.69, 9.17) is 4.55 Å². The van der Waals surface area contributed by atoms with Crippen LogP contribution >= 0.6 is 0 Å². The minimum absolute atomic E-state index is 0. The van der Waals surface area contributed by atoms with Gasteiger partial charge in [0, 0.05) is 6.54 Å². The van der Waals surface area contributed by atoms with Crippen molar-refractivity contribution in [2.24, 2.45) is 0 Å². The zero-order valence-corrected chi connectivity index (χ0v) is 10.4. The monoisotopic (exact) mass is 303 g/mol. The molecule has 0 radical (unpaired) electrons. The Bertz CT molecular complexity index is 629. The van der Waals surface area contributed by atoms with Crippen molar-refractivity contribution in [2.45, 2.75) is 11.4 Å². The van der Waals surface area contributed by atoms with Crippen molar-refractivity contribution in [2.75, 3.05) is 5.32 Å². The molecule has 96 valence electrons. The molecule has 0 saturated heterocycles. The first-order chi connectivity index (χ1) is 8.57. The molecule has 6 heteroatoms. The molecule has 0 amide bonds. The fraction of sp³-hybridized carbons (Fsp3) is 0.0769. The van der Waals surface area contributed by atoms with Crippen LogP contribution in [-0.4, -0.2) is 64.4 Å². The van der Waals surface area contributed by atoms with E-state index < -0.39 is 10.1 Å². The summed E-state index contributed by atoms with van der Waals surface area (Å²) in [5, 5.41) is 3.00. The van der Waals surface area contributed by atoms with Crippen LogP contribution in [0.5, 0.6) is 0 Å². The van der Waals surface area contributed by atoms with Gasteiger partial charge in [-0.2, -0.15) is 8.42 Å². The third-order valence-corrected chi connectivity index (χ3v) is 3.40. The van der Waals surface area contributed by atoms with Crippen molar-refractivity contribution in [1.29, 1.82) is 0 Å². The van der Waals surface area contributed by atoms with Gasteiger partial charge >= 0.3 is 51.4 Å². The predicted octanol–water partition coefficient (Wildman–Crippen LogP) is 1.90. The van der Waals surface area contributed by atoms with Gasteiger partial charge < -0.3 is 5.32 Å². The summed E-state index contributed by atoms with van der Waals surface area (Å²) in [7, 11) is -4.20. The first-order valence-corrected chi connectivity index (χ1v) is 6.86. The summed E-state index contributed by atoms with van der Waals surface area (Å²) < 4.78 is 31.5. The predicted molar refractivity (Wildman–Crippen MR) is 77.2 cm³/mol. The summed E-state index contributed by atoms with van der Waals surface area (Å²) >= 11 is 0. The van der Waals surface area contributed by atoms with Crippen LogP contribution in [0.2, 0.25) is 0 Å². The Morgan fingerprint density at radius 3 is 2.16 bits per heavy atom. The third-order valence-electron chi connectivity index (χ3n) is 2.49. The molecule has 0 aromatic heterocycles. The fourth-order valence-electron chi connectivity index (χ4n) is 1.63. The van der Waals surface area contributed by atoms with Crippen molar-refractivity contribution in [3.05, 3.63) is 60.2 Å². The normalized spacial score (nSPS) is 10.6. The molecule has 0 saturated carbocycles. The van der Waals surface area contributed by atoms with Gasteiger partial charge in [0.15, 0.2) is 0 Å². The molecule has 0 spiro atoms. The van der Waals surface area contributed by atoms with Crippen molar-refractivity contribution in [1.82, 2.24) is 0 Å².